The molecule has 4 heteroatoms. The number of hydrogen-bond donors (Lipinski definition) is 0. The van der Waals surface area contributed by atoms with Crippen LogP contribution in [0.15, 0.2) is 0 Å². The highest BCUT2D eigenvalue weighted by atomic mass is 16.5. The van der Waals surface area contributed by atoms with Crippen LogP contribution in [0.4, 0.5) is 0 Å². The monoisotopic (exact) mass is 230 g/mol. The molecule has 0 aliphatic carbocycles. The van der Waals surface area contributed by atoms with E-state index in [9.17, 15) is 9.59 Å². The molecular formula is C12H22O4. The van der Waals surface area contributed by atoms with Gasteiger partial charge in [-0.05, 0) is 26.7 Å². The van der Waals surface area contributed by atoms with E-state index in [2.05, 4.69) is 0 Å². The van der Waals surface area contributed by atoms with E-state index in [4.69, 9.17) is 9.47 Å². The second-order valence-electron chi connectivity index (χ2n) is 3.88. The first-order chi connectivity index (χ1) is 7.52. The van der Waals surface area contributed by atoms with Gasteiger partial charge in [-0.25, -0.2) is 0 Å². The summed E-state index contributed by atoms with van der Waals surface area (Å²) in [6, 6.07) is 0. The van der Waals surface area contributed by atoms with Crippen LogP contribution in [-0.2, 0) is 19.1 Å². The van der Waals surface area contributed by atoms with Gasteiger partial charge in [0, 0.05) is 0 Å². The highest BCUT2D eigenvalue weighted by Gasteiger charge is 2.19. The molecule has 2 atom stereocenters. The van der Waals surface area contributed by atoms with E-state index in [1.807, 2.05) is 13.8 Å². The van der Waals surface area contributed by atoms with Crippen molar-refractivity contribution >= 4 is 11.9 Å². The lowest BCUT2D eigenvalue weighted by atomic mass is 9.98. The smallest absolute Gasteiger partial charge is 0.308 e. The molecule has 0 amide bonds. The summed E-state index contributed by atoms with van der Waals surface area (Å²) < 4.78 is 9.78. The Morgan fingerprint density at radius 2 is 1.19 bits per heavy atom. The number of ether oxygens (including phenoxy) is 2. The molecule has 0 radical (unpaired) electrons. The lowest BCUT2D eigenvalue weighted by Gasteiger charge is -2.13. The molecule has 0 aromatic carbocycles. The average Bonchev–Trinajstić information content (AvgIpc) is 2.25. The molecule has 2 unspecified atom stereocenters. The minimum atomic E-state index is -0.196. The van der Waals surface area contributed by atoms with Crippen LogP contribution in [-0.4, -0.2) is 25.2 Å². The third-order valence-electron chi connectivity index (χ3n) is 2.41. The Labute approximate surface area is 97.3 Å². The Balaban J connectivity index is 3.86. The second-order valence-corrected chi connectivity index (χ2v) is 3.88. The molecule has 0 heterocycles. The van der Waals surface area contributed by atoms with Crippen molar-refractivity contribution in [1.29, 1.82) is 0 Å². The molecule has 0 aliphatic heterocycles. The van der Waals surface area contributed by atoms with E-state index in [1.165, 1.54) is 0 Å². The topological polar surface area (TPSA) is 52.6 Å². The minimum absolute atomic E-state index is 0.156. The molecule has 0 rings (SSSR count). The number of rotatable bonds is 7. The Bertz CT molecular complexity index is 201. The van der Waals surface area contributed by atoms with Crippen LogP contribution in [0, 0.1) is 11.8 Å². The average molecular weight is 230 g/mol. The summed E-state index contributed by atoms with van der Waals surface area (Å²) >= 11 is 0. The maximum atomic E-state index is 11.3. The van der Waals surface area contributed by atoms with E-state index in [-0.39, 0.29) is 23.8 Å². The van der Waals surface area contributed by atoms with E-state index in [0.29, 0.717) is 26.1 Å². The van der Waals surface area contributed by atoms with Crippen LogP contribution in [0.3, 0.4) is 0 Å². The van der Waals surface area contributed by atoms with E-state index < -0.39 is 0 Å². The van der Waals surface area contributed by atoms with Crippen molar-refractivity contribution in [1.82, 2.24) is 0 Å². The summed E-state index contributed by atoms with van der Waals surface area (Å²) in [5.74, 6) is -0.703. The summed E-state index contributed by atoms with van der Waals surface area (Å²) in [6.07, 6.45) is 1.30. The molecule has 0 saturated carbocycles. The van der Waals surface area contributed by atoms with Crippen molar-refractivity contribution in [2.45, 2.75) is 40.5 Å². The van der Waals surface area contributed by atoms with Gasteiger partial charge in [0.1, 0.15) is 0 Å². The molecular weight excluding hydrogens is 208 g/mol. The fourth-order valence-electron chi connectivity index (χ4n) is 1.30. The maximum Gasteiger partial charge on any atom is 0.308 e. The summed E-state index contributed by atoms with van der Waals surface area (Å²) in [5, 5.41) is 0. The molecule has 94 valence electrons. The third-order valence-corrected chi connectivity index (χ3v) is 2.41. The Kier molecular flexibility index (Phi) is 7.60. The van der Waals surface area contributed by atoms with Crippen molar-refractivity contribution in [2.75, 3.05) is 13.2 Å². The number of carbonyl (C=O) groups excluding carboxylic acids is 2. The minimum Gasteiger partial charge on any atom is -0.466 e. The van der Waals surface area contributed by atoms with E-state index >= 15 is 0 Å². The van der Waals surface area contributed by atoms with Crippen LogP contribution < -0.4 is 0 Å². The number of hydrogen-bond acceptors (Lipinski definition) is 4. The lowest BCUT2D eigenvalue weighted by molar-refractivity contribution is -0.150. The molecule has 4 nitrogen and oxygen atoms in total. The van der Waals surface area contributed by atoms with Gasteiger partial charge < -0.3 is 9.47 Å². The first-order valence-electron chi connectivity index (χ1n) is 5.86. The van der Waals surface area contributed by atoms with E-state index in [1.54, 1.807) is 13.8 Å². The first-order valence-corrected chi connectivity index (χ1v) is 5.86. The van der Waals surface area contributed by atoms with Gasteiger partial charge in [0.05, 0.1) is 25.0 Å². The predicted molar refractivity (Wildman–Crippen MR) is 60.8 cm³/mol. The van der Waals surface area contributed by atoms with Gasteiger partial charge in [-0.2, -0.15) is 0 Å². The molecule has 0 saturated heterocycles. The van der Waals surface area contributed by atoms with Gasteiger partial charge in [-0.15, -0.1) is 0 Å². The molecule has 0 aliphatic rings. The number of esters is 2. The normalized spacial score (nSPS) is 14.0. The van der Waals surface area contributed by atoms with E-state index in [0.717, 1.165) is 0 Å². The summed E-state index contributed by atoms with van der Waals surface area (Å²) in [6.45, 7) is 8.00. The Morgan fingerprint density at radius 3 is 1.44 bits per heavy atom. The summed E-state index contributed by atoms with van der Waals surface area (Å²) in [7, 11) is 0. The largest absolute Gasteiger partial charge is 0.466 e. The third kappa shape index (κ3) is 5.73. The quantitative estimate of drug-likeness (QED) is 0.629. The Hall–Kier alpha value is -1.06. The van der Waals surface area contributed by atoms with Crippen LogP contribution in [0.1, 0.15) is 40.5 Å². The van der Waals surface area contributed by atoms with Crippen LogP contribution in [0.25, 0.3) is 0 Å². The van der Waals surface area contributed by atoms with Crippen molar-refractivity contribution in [2.24, 2.45) is 11.8 Å². The van der Waals surface area contributed by atoms with Crippen LogP contribution >= 0.6 is 0 Å². The van der Waals surface area contributed by atoms with Gasteiger partial charge in [0.25, 0.3) is 0 Å². The molecule has 0 aromatic rings. The maximum absolute atomic E-state index is 11.3. The number of carbonyl (C=O) groups is 2. The molecule has 0 fully saturated rings. The van der Waals surface area contributed by atoms with Crippen molar-refractivity contribution < 1.29 is 19.1 Å². The zero-order chi connectivity index (χ0) is 12.6. The predicted octanol–water partition coefficient (Wildman–Crippen LogP) is 2.17. The fourth-order valence-corrected chi connectivity index (χ4v) is 1.30. The van der Waals surface area contributed by atoms with Gasteiger partial charge >= 0.3 is 11.9 Å². The summed E-state index contributed by atoms with van der Waals surface area (Å²) in [4.78, 5) is 22.6. The van der Waals surface area contributed by atoms with Crippen molar-refractivity contribution in [3.8, 4) is 0 Å². The first kappa shape index (κ1) is 14.9. The summed E-state index contributed by atoms with van der Waals surface area (Å²) in [5.41, 5.74) is 0. The molecule has 0 aromatic heterocycles. The second kappa shape index (κ2) is 8.13. The molecule has 0 bridgehead atoms. The van der Waals surface area contributed by atoms with Gasteiger partial charge in [0.2, 0.25) is 0 Å². The molecule has 0 N–H and O–H groups in total. The SMILES string of the molecule is CCOC(=O)C(C)CCC(C)C(=O)OCC. The van der Waals surface area contributed by atoms with Gasteiger partial charge in [-0.3, -0.25) is 9.59 Å². The van der Waals surface area contributed by atoms with Crippen LogP contribution in [0.5, 0.6) is 0 Å². The molecule has 0 spiro atoms. The standard InChI is InChI=1S/C12H22O4/c1-5-15-11(13)9(3)7-8-10(4)12(14)16-6-2/h9-10H,5-8H2,1-4H3. The van der Waals surface area contributed by atoms with Crippen LogP contribution in [0.2, 0.25) is 0 Å². The van der Waals surface area contributed by atoms with Crippen molar-refractivity contribution in [3.63, 3.8) is 0 Å². The lowest BCUT2D eigenvalue weighted by Crippen LogP contribution is -2.19. The van der Waals surface area contributed by atoms with Gasteiger partial charge in [0.15, 0.2) is 0 Å². The van der Waals surface area contributed by atoms with Gasteiger partial charge in [-0.1, -0.05) is 13.8 Å². The van der Waals surface area contributed by atoms with Crippen molar-refractivity contribution in [3.05, 3.63) is 0 Å². The highest BCUT2D eigenvalue weighted by molar-refractivity contribution is 5.73. The Morgan fingerprint density at radius 1 is 0.875 bits per heavy atom. The highest BCUT2D eigenvalue weighted by Crippen LogP contribution is 2.14. The zero-order valence-corrected chi connectivity index (χ0v) is 10.6. The zero-order valence-electron chi connectivity index (χ0n) is 10.6. The molecule has 16 heavy (non-hydrogen) atoms. The fraction of sp³-hybridized carbons (Fsp3) is 0.833.